The van der Waals surface area contributed by atoms with Gasteiger partial charge in [0.1, 0.15) is 11.6 Å². The number of carbonyl (C=O) groups is 1. The van der Waals surface area contributed by atoms with E-state index in [4.69, 9.17) is 11.6 Å². The molecule has 2 nitrogen and oxygen atoms in total. The molecule has 1 aromatic heterocycles. The predicted octanol–water partition coefficient (Wildman–Crippen LogP) is 3.62. The second-order valence-electron chi connectivity index (χ2n) is 4.28. The molecule has 0 aliphatic rings. The Morgan fingerprint density at radius 2 is 2.11 bits per heavy atom. The molecule has 0 bridgehead atoms. The van der Waals surface area contributed by atoms with E-state index in [0.29, 0.717) is 18.4 Å². The fraction of sp³-hybridized carbons (Fsp3) is 0.200. The number of rotatable bonds is 5. The van der Waals surface area contributed by atoms with Gasteiger partial charge < -0.3 is 0 Å². The van der Waals surface area contributed by atoms with E-state index >= 15 is 0 Å². The normalized spacial score (nSPS) is 10.4. The summed E-state index contributed by atoms with van der Waals surface area (Å²) in [5, 5.41) is 0.0738. The lowest BCUT2D eigenvalue weighted by atomic mass is 10.0. The molecule has 4 heteroatoms. The molecule has 0 saturated carbocycles. The van der Waals surface area contributed by atoms with Crippen LogP contribution in [-0.2, 0) is 17.6 Å². The van der Waals surface area contributed by atoms with Crippen molar-refractivity contribution in [3.8, 4) is 0 Å². The summed E-state index contributed by atoms with van der Waals surface area (Å²) in [6.45, 7) is 0. The Balaban J connectivity index is 1.89. The maximum absolute atomic E-state index is 13.2. The predicted molar refractivity (Wildman–Crippen MR) is 72.7 cm³/mol. The zero-order chi connectivity index (χ0) is 13.7. The van der Waals surface area contributed by atoms with Gasteiger partial charge in [-0.05, 0) is 36.2 Å². The third-order valence-corrected chi connectivity index (χ3v) is 3.08. The number of pyridine rings is 1. The summed E-state index contributed by atoms with van der Waals surface area (Å²) < 4.78 is 13.2. The van der Waals surface area contributed by atoms with E-state index in [1.807, 2.05) is 18.2 Å². The second kappa shape index (κ2) is 6.43. The molecule has 98 valence electrons. The van der Waals surface area contributed by atoms with Crippen LogP contribution in [0.4, 0.5) is 4.39 Å². The summed E-state index contributed by atoms with van der Waals surface area (Å²) in [5.41, 5.74) is 1.53. The Hall–Kier alpha value is -1.74. The summed E-state index contributed by atoms with van der Waals surface area (Å²) in [4.78, 5) is 16.0. The zero-order valence-corrected chi connectivity index (χ0v) is 11.0. The maximum atomic E-state index is 13.2. The Morgan fingerprint density at radius 1 is 1.26 bits per heavy atom. The number of halogens is 2. The van der Waals surface area contributed by atoms with E-state index < -0.39 is 5.82 Å². The molecule has 0 spiro atoms. The van der Waals surface area contributed by atoms with Crippen LogP contribution in [0.15, 0.2) is 42.6 Å². The Labute approximate surface area is 116 Å². The Morgan fingerprint density at radius 3 is 2.79 bits per heavy atom. The van der Waals surface area contributed by atoms with Crippen LogP contribution in [0.3, 0.4) is 0 Å². The van der Waals surface area contributed by atoms with Gasteiger partial charge in [-0.2, -0.15) is 0 Å². The first-order valence-electron chi connectivity index (χ1n) is 6.00. The van der Waals surface area contributed by atoms with Crippen LogP contribution in [0.5, 0.6) is 0 Å². The van der Waals surface area contributed by atoms with Crippen molar-refractivity contribution in [3.05, 3.63) is 64.7 Å². The fourth-order valence-corrected chi connectivity index (χ4v) is 1.90. The molecule has 0 amide bonds. The second-order valence-corrected chi connectivity index (χ2v) is 4.69. The van der Waals surface area contributed by atoms with Gasteiger partial charge in [0.25, 0.3) is 0 Å². The average Bonchev–Trinajstić information content (AvgIpc) is 2.42. The molecule has 0 atom stereocenters. The molecule has 0 fully saturated rings. The summed E-state index contributed by atoms with van der Waals surface area (Å²) in [6, 6.07) is 10.1. The Bertz CT molecular complexity index is 572. The molecule has 19 heavy (non-hydrogen) atoms. The first-order valence-corrected chi connectivity index (χ1v) is 6.38. The fourth-order valence-electron chi connectivity index (χ4n) is 1.78. The summed E-state index contributed by atoms with van der Waals surface area (Å²) >= 11 is 5.59. The first kappa shape index (κ1) is 13.7. The third-order valence-electron chi connectivity index (χ3n) is 2.77. The van der Waals surface area contributed by atoms with Crippen LogP contribution in [0.2, 0.25) is 5.02 Å². The minimum atomic E-state index is -0.489. The van der Waals surface area contributed by atoms with Crippen molar-refractivity contribution in [1.29, 1.82) is 0 Å². The number of carbonyl (C=O) groups excluding carboxylic acids is 1. The van der Waals surface area contributed by atoms with Gasteiger partial charge in [0.05, 0.1) is 5.02 Å². The molecule has 1 heterocycles. The highest BCUT2D eigenvalue weighted by Crippen LogP contribution is 2.16. The molecule has 2 aromatic rings. The van der Waals surface area contributed by atoms with Crippen molar-refractivity contribution >= 4 is 17.4 Å². The monoisotopic (exact) mass is 277 g/mol. The van der Waals surface area contributed by atoms with Gasteiger partial charge in [-0.1, -0.05) is 23.7 Å². The summed E-state index contributed by atoms with van der Waals surface area (Å²) in [5.74, 6) is -0.427. The van der Waals surface area contributed by atoms with Crippen molar-refractivity contribution < 1.29 is 9.18 Å². The van der Waals surface area contributed by atoms with E-state index in [2.05, 4.69) is 4.98 Å². The minimum absolute atomic E-state index is 0.0624. The third kappa shape index (κ3) is 4.14. The van der Waals surface area contributed by atoms with Gasteiger partial charge in [0.2, 0.25) is 0 Å². The number of ketones is 1. The average molecular weight is 278 g/mol. The van der Waals surface area contributed by atoms with Crippen molar-refractivity contribution in [1.82, 2.24) is 4.98 Å². The Kier molecular flexibility index (Phi) is 4.63. The van der Waals surface area contributed by atoms with Crippen LogP contribution in [0.1, 0.15) is 17.7 Å². The highest BCUT2D eigenvalue weighted by Gasteiger charge is 2.07. The minimum Gasteiger partial charge on any atom is -0.299 e. The SMILES string of the molecule is O=C(CCc1ccccn1)Cc1ccc(Cl)c(F)c1. The molecular formula is C15H13ClFNO. The van der Waals surface area contributed by atoms with Crippen LogP contribution in [0, 0.1) is 5.82 Å². The molecule has 1 aromatic carbocycles. The van der Waals surface area contributed by atoms with E-state index in [1.165, 1.54) is 12.1 Å². The van der Waals surface area contributed by atoms with Gasteiger partial charge in [-0.3, -0.25) is 9.78 Å². The van der Waals surface area contributed by atoms with Gasteiger partial charge in [0.15, 0.2) is 0 Å². The molecular weight excluding hydrogens is 265 g/mol. The number of aromatic nitrogens is 1. The highest BCUT2D eigenvalue weighted by atomic mass is 35.5. The van der Waals surface area contributed by atoms with Gasteiger partial charge >= 0.3 is 0 Å². The van der Waals surface area contributed by atoms with Crippen molar-refractivity contribution in [3.63, 3.8) is 0 Å². The van der Waals surface area contributed by atoms with Crippen molar-refractivity contribution in [2.75, 3.05) is 0 Å². The smallest absolute Gasteiger partial charge is 0.142 e. The van der Waals surface area contributed by atoms with Gasteiger partial charge in [-0.15, -0.1) is 0 Å². The lowest BCUT2D eigenvalue weighted by Gasteiger charge is -2.03. The van der Waals surface area contributed by atoms with Crippen LogP contribution >= 0.6 is 11.6 Å². The topological polar surface area (TPSA) is 30.0 Å². The number of Topliss-reactive ketones (excluding diaryl/α,β-unsaturated/α-hetero) is 1. The van der Waals surface area contributed by atoms with E-state index in [9.17, 15) is 9.18 Å². The van der Waals surface area contributed by atoms with E-state index in [-0.39, 0.29) is 17.2 Å². The molecule has 0 aliphatic carbocycles. The van der Waals surface area contributed by atoms with Crippen LogP contribution in [0.25, 0.3) is 0 Å². The maximum Gasteiger partial charge on any atom is 0.142 e. The number of nitrogens with zero attached hydrogens (tertiary/aromatic N) is 1. The molecule has 0 saturated heterocycles. The van der Waals surface area contributed by atoms with Crippen molar-refractivity contribution in [2.24, 2.45) is 0 Å². The van der Waals surface area contributed by atoms with Crippen LogP contribution < -0.4 is 0 Å². The lowest BCUT2D eigenvalue weighted by molar-refractivity contribution is -0.118. The number of benzene rings is 1. The molecule has 2 rings (SSSR count). The van der Waals surface area contributed by atoms with E-state index in [0.717, 1.165) is 5.69 Å². The number of aryl methyl sites for hydroxylation is 1. The largest absolute Gasteiger partial charge is 0.299 e. The lowest BCUT2D eigenvalue weighted by Crippen LogP contribution is -2.05. The van der Waals surface area contributed by atoms with Gasteiger partial charge in [0, 0.05) is 24.7 Å². The number of hydrogen-bond acceptors (Lipinski definition) is 2. The zero-order valence-electron chi connectivity index (χ0n) is 10.3. The summed E-state index contributed by atoms with van der Waals surface area (Å²) in [7, 11) is 0. The molecule has 0 N–H and O–H groups in total. The first-order chi connectivity index (χ1) is 9.15. The molecule has 0 unspecified atom stereocenters. The number of hydrogen-bond donors (Lipinski definition) is 0. The highest BCUT2D eigenvalue weighted by molar-refractivity contribution is 6.30. The molecule has 0 radical (unpaired) electrons. The van der Waals surface area contributed by atoms with Crippen LogP contribution in [-0.4, -0.2) is 10.8 Å². The van der Waals surface area contributed by atoms with E-state index in [1.54, 1.807) is 12.3 Å². The quantitative estimate of drug-likeness (QED) is 0.835. The van der Waals surface area contributed by atoms with Crippen molar-refractivity contribution in [2.45, 2.75) is 19.3 Å². The summed E-state index contributed by atoms with van der Waals surface area (Å²) in [6.07, 6.45) is 2.94. The molecule has 0 aliphatic heterocycles. The van der Waals surface area contributed by atoms with Gasteiger partial charge in [-0.25, -0.2) is 4.39 Å². The standard InChI is InChI=1S/C15H13ClFNO/c16-14-7-4-11(10-15(14)17)9-13(19)6-5-12-3-1-2-8-18-12/h1-4,7-8,10H,5-6,9H2.